The maximum Gasteiger partial charge on any atom is 0.328 e. The fourth-order valence-electron chi connectivity index (χ4n) is 2.08. The van der Waals surface area contributed by atoms with Gasteiger partial charge < -0.3 is 19.9 Å². The third kappa shape index (κ3) is 4.89. The Labute approximate surface area is 156 Å². The first-order valence-corrected chi connectivity index (χ1v) is 8.22. The van der Waals surface area contributed by atoms with E-state index in [1.807, 2.05) is 12.1 Å². The van der Waals surface area contributed by atoms with Crippen LogP contribution in [0.3, 0.4) is 0 Å². The van der Waals surface area contributed by atoms with Crippen LogP contribution in [0, 0.1) is 0 Å². The molecule has 7 heteroatoms. The molecule has 0 unspecified atom stereocenters. The van der Waals surface area contributed by atoms with E-state index in [4.69, 9.17) is 26.2 Å². The van der Waals surface area contributed by atoms with Gasteiger partial charge in [-0.1, -0.05) is 23.7 Å². The Kier molecular flexibility index (Phi) is 6.10. The molecule has 1 amide bonds. The number of carbonyl (C=O) groups is 2. The van der Waals surface area contributed by atoms with Crippen LogP contribution in [0.15, 0.2) is 42.5 Å². The molecule has 0 aliphatic rings. The number of benzene rings is 2. The van der Waals surface area contributed by atoms with E-state index in [1.165, 1.54) is 27.0 Å². The second-order valence-corrected chi connectivity index (χ2v) is 6.60. The average molecular weight is 378 g/mol. The number of halogens is 1. The largest absolute Gasteiger partial charge is 0.493 e. The Balaban J connectivity index is 2.12. The number of hydrogen-bond donors (Lipinski definition) is 2. The highest BCUT2D eigenvalue weighted by atomic mass is 35.5. The maximum atomic E-state index is 12.3. The third-order valence-corrected chi connectivity index (χ3v) is 3.95. The fourth-order valence-corrected chi connectivity index (χ4v) is 2.21. The molecule has 0 aliphatic carbocycles. The zero-order valence-electron chi connectivity index (χ0n) is 14.7. The Morgan fingerprint density at radius 3 is 2.35 bits per heavy atom. The van der Waals surface area contributed by atoms with Gasteiger partial charge in [0.2, 0.25) is 0 Å². The lowest BCUT2D eigenvalue weighted by molar-refractivity contribution is -0.143. The van der Waals surface area contributed by atoms with Crippen LogP contribution in [0.25, 0.3) is 0 Å². The minimum absolute atomic E-state index is 0.273. The SMILES string of the molecule is COc1cc(C(=O)NC(C)(C)C(=O)O)ccc1OCc1ccc(Cl)cc1. The molecule has 0 saturated carbocycles. The van der Waals surface area contributed by atoms with Gasteiger partial charge in [0.25, 0.3) is 5.91 Å². The first kappa shape index (κ1) is 19.6. The van der Waals surface area contributed by atoms with Crippen molar-refractivity contribution in [2.24, 2.45) is 0 Å². The van der Waals surface area contributed by atoms with Crippen molar-refractivity contribution in [3.63, 3.8) is 0 Å². The number of hydrogen-bond acceptors (Lipinski definition) is 4. The molecule has 2 rings (SSSR count). The number of nitrogens with one attached hydrogen (secondary N) is 1. The van der Waals surface area contributed by atoms with Gasteiger partial charge in [-0.2, -0.15) is 0 Å². The number of amides is 1. The van der Waals surface area contributed by atoms with Gasteiger partial charge in [-0.3, -0.25) is 4.79 Å². The number of aliphatic carboxylic acids is 1. The highest BCUT2D eigenvalue weighted by molar-refractivity contribution is 6.30. The van der Waals surface area contributed by atoms with Crippen molar-refractivity contribution in [1.29, 1.82) is 0 Å². The van der Waals surface area contributed by atoms with Crippen LogP contribution in [0.4, 0.5) is 0 Å². The first-order valence-electron chi connectivity index (χ1n) is 7.84. The Morgan fingerprint density at radius 2 is 1.77 bits per heavy atom. The first-order chi connectivity index (χ1) is 12.2. The van der Waals surface area contributed by atoms with Crippen LogP contribution in [0.5, 0.6) is 11.5 Å². The summed E-state index contributed by atoms with van der Waals surface area (Å²) in [5.41, 5.74) is -0.176. The summed E-state index contributed by atoms with van der Waals surface area (Å²) in [5, 5.41) is 12.2. The van der Waals surface area contributed by atoms with Crippen molar-refractivity contribution >= 4 is 23.5 Å². The second-order valence-electron chi connectivity index (χ2n) is 6.17. The van der Waals surface area contributed by atoms with Gasteiger partial charge in [-0.05, 0) is 49.7 Å². The van der Waals surface area contributed by atoms with Crippen LogP contribution in [-0.2, 0) is 11.4 Å². The number of carboxylic acid groups (broad SMARTS) is 1. The van der Waals surface area contributed by atoms with Crippen LogP contribution in [0.1, 0.15) is 29.8 Å². The normalized spacial score (nSPS) is 10.9. The zero-order valence-corrected chi connectivity index (χ0v) is 15.5. The van der Waals surface area contributed by atoms with E-state index in [-0.39, 0.29) is 5.56 Å². The van der Waals surface area contributed by atoms with Gasteiger partial charge in [0.05, 0.1) is 7.11 Å². The maximum absolute atomic E-state index is 12.3. The summed E-state index contributed by atoms with van der Waals surface area (Å²) in [6, 6.07) is 11.9. The van der Waals surface area contributed by atoms with Crippen LogP contribution in [-0.4, -0.2) is 29.6 Å². The van der Waals surface area contributed by atoms with Crippen molar-refractivity contribution in [3.8, 4) is 11.5 Å². The molecule has 0 spiro atoms. The molecule has 0 bridgehead atoms. The van der Waals surface area contributed by atoms with Crippen LogP contribution in [0.2, 0.25) is 5.02 Å². The molecule has 2 aromatic rings. The number of carbonyl (C=O) groups excluding carboxylic acids is 1. The Bertz CT molecular complexity index is 802. The van der Waals surface area contributed by atoms with E-state index < -0.39 is 17.4 Å². The molecule has 6 nitrogen and oxygen atoms in total. The lowest BCUT2D eigenvalue weighted by Gasteiger charge is -2.21. The van der Waals surface area contributed by atoms with E-state index in [1.54, 1.807) is 24.3 Å². The molecular weight excluding hydrogens is 358 g/mol. The lowest BCUT2D eigenvalue weighted by Crippen LogP contribution is -2.49. The predicted octanol–water partition coefficient (Wildman–Crippen LogP) is 3.52. The molecule has 0 aromatic heterocycles. The topological polar surface area (TPSA) is 84.9 Å². The van der Waals surface area contributed by atoms with E-state index in [0.29, 0.717) is 23.1 Å². The standard InChI is InChI=1S/C19H20ClNO5/c1-19(2,18(23)24)21-17(22)13-6-9-15(16(10-13)25-3)26-11-12-4-7-14(20)8-5-12/h4-10H,11H2,1-3H3,(H,21,22)(H,23,24). The quantitative estimate of drug-likeness (QED) is 0.771. The second kappa shape index (κ2) is 8.10. The number of rotatable bonds is 7. The highest BCUT2D eigenvalue weighted by Gasteiger charge is 2.29. The summed E-state index contributed by atoms with van der Waals surface area (Å²) in [4.78, 5) is 23.4. The lowest BCUT2D eigenvalue weighted by atomic mass is 10.1. The van der Waals surface area contributed by atoms with Gasteiger partial charge in [0.1, 0.15) is 12.1 Å². The summed E-state index contributed by atoms with van der Waals surface area (Å²) >= 11 is 5.85. The monoisotopic (exact) mass is 377 g/mol. The smallest absolute Gasteiger partial charge is 0.328 e. The van der Waals surface area contributed by atoms with Crippen molar-refractivity contribution in [3.05, 3.63) is 58.6 Å². The highest BCUT2D eigenvalue weighted by Crippen LogP contribution is 2.29. The van der Waals surface area contributed by atoms with Crippen molar-refractivity contribution < 1.29 is 24.2 Å². The molecule has 0 radical (unpaired) electrons. The van der Waals surface area contributed by atoms with E-state index in [0.717, 1.165) is 5.56 Å². The number of carboxylic acids is 1. The van der Waals surface area contributed by atoms with Crippen molar-refractivity contribution in [2.75, 3.05) is 7.11 Å². The van der Waals surface area contributed by atoms with Crippen LogP contribution < -0.4 is 14.8 Å². The molecule has 0 saturated heterocycles. The third-order valence-electron chi connectivity index (χ3n) is 3.69. The van der Waals surface area contributed by atoms with Gasteiger partial charge in [-0.15, -0.1) is 0 Å². The number of methoxy groups -OCH3 is 1. The molecule has 138 valence electrons. The van der Waals surface area contributed by atoms with E-state index in [2.05, 4.69) is 5.32 Å². The molecule has 0 aliphatic heterocycles. The fraction of sp³-hybridized carbons (Fsp3) is 0.263. The molecule has 2 N–H and O–H groups in total. The van der Waals surface area contributed by atoms with Gasteiger partial charge in [0.15, 0.2) is 11.5 Å². The molecule has 26 heavy (non-hydrogen) atoms. The average Bonchev–Trinajstić information content (AvgIpc) is 2.60. The van der Waals surface area contributed by atoms with Crippen LogP contribution >= 0.6 is 11.6 Å². The zero-order chi connectivity index (χ0) is 19.3. The molecule has 2 aromatic carbocycles. The van der Waals surface area contributed by atoms with Crippen molar-refractivity contribution in [2.45, 2.75) is 26.0 Å². The summed E-state index contributed by atoms with van der Waals surface area (Å²) in [6.07, 6.45) is 0. The van der Waals surface area contributed by atoms with Crippen molar-refractivity contribution in [1.82, 2.24) is 5.32 Å². The van der Waals surface area contributed by atoms with Gasteiger partial charge in [0, 0.05) is 10.6 Å². The van der Waals surface area contributed by atoms with E-state index >= 15 is 0 Å². The van der Waals surface area contributed by atoms with E-state index in [9.17, 15) is 9.59 Å². The van der Waals surface area contributed by atoms with Gasteiger partial charge >= 0.3 is 5.97 Å². The molecule has 0 heterocycles. The Morgan fingerprint density at radius 1 is 1.12 bits per heavy atom. The Hall–Kier alpha value is -2.73. The summed E-state index contributed by atoms with van der Waals surface area (Å²) in [7, 11) is 1.47. The minimum Gasteiger partial charge on any atom is -0.493 e. The predicted molar refractivity (Wildman–Crippen MR) is 98.0 cm³/mol. The summed E-state index contributed by atoms with van der Waals surface area (Å²) in [5.74, 6) is -0.795. The molecule has 0 atom stereocenters. The van der Waals surface area contributed by atoms with Gasteiger partial charge in [-0.25, -0.2) is 4.79 Å². The molecule has 0 fully saturated rings. The summed E-state index contributed by atoms with van der Waals surface area (Å²) < 4.78 is 11.0. The number of ether oxygens (including phenoxy) is 2. The molecular formula is C19H20ClNO5. The minimum atomic E-state index is -1.38. The summed E-state index contributed by atoms with van der Waals surface area (Å²) in [6.45, 7) is 3.13.